The van der Waals surface area contributed by atoms with Gasteiger partial charge in [-0.1, -0.05) is 12.1 Å². The van der Waals surface area contributed by atoms with E-state index in [0.717, 1.165) is 18.4 Å². The van der Waals surface area contributed by atoms with Crippen LogP contribution in [-0.4, -0.2) is 79.0 Å². The molecule has 26 heavy (non-hydrogen) atoms. The molecule has 2 aliphatic heterocycles. The summed E-state index contributed by atoms with van der Waals surface area (Å²) in [5.41, 5.74) is 0.897. The van der Waals surface area contributed by atoms with Gasteiger partial charge in [-0.2, -0.15) is 0 Å². The number of hydrogen-bond donors (Lipinski definition) is 0. The molecule has 2 saturated heterocycles. The van der Waals surface area contributed by atoms with Crippen molar-refractivity contribution in [2.45, 2.75) is 25.5 Å². The number of amides is 2. The zero-order valence-electron chi connectivity index (χ0n) is 15.2. The van der Waals surface area contributed by atoms with Crippen LogP contribution in [0, 0.1) is 5.82 Å². The van der Waals surface area contributed by atoms with Crippen molar-refractivity contribution in [2.24, 2.45) is 0 Å². The van der Waals surface area contributed by atoms with Gasteiger partial charge in [-0.25, -0.2) is 4.39 Å². The number of ether oxygens (including phenoxy) is 1. The summed E-state index contributed by atoms with van der Waals surface area (Å²) in [7, 11) is 1.75. The number of likely N-dealkylation sites (N-methyl/N-ethyl adjacent to an activating group) is 1. The Kier molecular flexibility index (Phi) is 6.21. The van der Waals surface area contributed by atoms with E-state index in [4.69, 9.17) is 4.74 Å². The molecule has 0 aromatic heterocycles. The van der Waals surface area contributed by atoms with E-state index in [1.165, 1.54) is 12.1 Å². The predicted molar refractivity (Wildman–Crippen MR) is 94.9 cm³/mol. The number of rotatable bonds is 5. The fourth-order valence-electron chi connectivity index (χ4n) is 3.37. The highest BCUT2D eigenvalue weighted by Crippen LogP contribution is 2.16. The highest BCUT2D eigenvalue weighted by molar-refractivity contribution is 5.81. The van der Waals surface area contributed by atoms with Gasteiger partial charge in [0.2, 0.25) is 5.91 Å². The van der Waals surface area contributed by atoms with Gasteiger partial charge in [0.25, 0.3) is 5.91 Å². The van der Waals surface area contributed by atoms with Crippen LogP contribution in [-0.2, 0) is 20.9 Å². The quantitative estimate of drug-likeness (QED) is 0.786. The third-order valence-electron chi connectivity index (χ3n) is 5.01. The van der Waals surface area contributed by atoms with Crippen molar-refractivity contribution in [3.63, 3.8) is 0 Å². The number of carbonyl (C=O) groups excluding carboxylic acids is 2. The van der Waals surface area contributed by atoms with Crippen LogP contribution in [0.4, 0.5) is 4.39 Å². The number of carbonyl (C=O) groups is 2. The predicted octanol–water partition coefficient (Wildman–Crippen LogP) is 1.11. The number of nitrogens with zero attached hydrogens (tertiary/aromatic N) is 3. The standard InChI is InChI=1S/C19H26FN3O3/c1-21(13-15-4-6-16(20)7-5-15)18(24)14-22-8-10-23(11-9-22)19(25)17-3-2-12-26-17/h4-7,17H,2-3,8-14H2,1H3. The van der Waals surface area contributed by atoms with Gasteiger partial charge in [0.1, 0.15) is 11.9 Å². The first-order valence-corrected chi connectivity index (χ1v) is 9.14. The normalized spacial score (nSPS) is 21.0. The van der Waals surface area contributed by atoms with E-state index in [1.807, 2.05) is 4.90 Å². The molecule has 0 radical (unpaired) electrons. The van der Waals surface area contributed by atoms with E-state index in [0.29, 0.717) is 45.9 Å². The molecule has 7 heteroatoms. The maximum absolute atomic E-state index is 13.0. The third kappa shape index (κ3) is 4.80. The van der Waals surface area contributed by atoms with E-state index >= 15 is 0 Å². The maximum atomic E-state index is 13.0. The zero-order chi connectivity index (χ0) is 18.5. The van der Waals surface area contributed by atoms with Crippen molar-refractivity contribution in [3.05, 3.63) is 35.6 Å². The molecule has 2 aliphatic rings. The number of hydrogen-bond acceptors (Lipinski definition) is 4. The topological polar surface area (TPSA) is 53.1 Å². The van der Waals surface area contributed by atoms with Crippen molar-refractivity contribution < 1.29 is 18.7 Å². The van der Waals surface area contributed by atoms with Gasteiger partial charge in [0.15, 0.2) is 0 Å². The lowest BCUT2D eigenvalue weighted by atomic mass is 10.2. The average Bonchev–Trinajstić information content (AvgIpc) is 3.18. The highest BCUT2D eigenvalue weighted by atomic mass is 19.1. The molecule has 3 rings (SSSR count). The molecule has 0 aliphatic carbocycles. The largest absolute Gasteiger partial charge is 0.368 e. The maximum Gasteiger partial charge on any atom is 0.251 e. The van der Waals surface area contributed by atoms with Gasteiger partial charge in [-0.3, -0.25) is 14.5 Å². The summed E-state index contributed by atoms with van der Waals surface area (Å²) < 4.78 is 18.4. The zero-order valence-corrected chi connectivity index (χ0v) is 15.2. The first kappa shape index (κ1) is 18.8. The summed E-state index contributed by atoms with van der Waals surface area (Å²) in [6, 6.07) is 6.18. The van der Waals surface area contributed by atoms with Crippen LogP contribution in [0.5, 0.6) is 0 Å². The Bertz CT molecular complexity index is 623. The molecule has 2 fully saturated rings. The molecule has 2 heterocycles. The minimum Gasteiger partial charge on any atom is -0.368 e. The SMILES string of the molecule is CN(Cc1ccc(F)cc1)C(=O)CN1CCN(C(=O)C2CCCO2)CC1. The van der Waals surface area contributed by atoms with Crippen LogP contribution in [0.2, 0.25) is 0 Å². The van der Waals surface area contributed by atoms with Crippen molar-refractivity contribution in [3.8, 4) is 0 Å². The lowest BCUT2D eigenvalue weighted by molar-refractivity contribution is -0.143. The van der Waals surface area contributed by atoms with Crippen molar-refractivity contribution >= 4 is 11.8 Å². The number of halogens is 1. The van der Waals surface area contributed by atoms with Crippen LogP contribution in [0.3, 0.4) is 0 Å². The Morgan fingerprint density at radius 2 is 1.88 bits per heavy atom. The second-order valence-electron chi connectivity index (χ2n) is 6.98. The smallest absolute Gasteiger partial charge is 0.251 e. The first-order valence-electron chi connectivity index (χ1n) is 9.14. The Labute approximate surface area is 153 Å². The minimum absolute atomic E-state index is 0.0215. The van der Waals surface area contributed by atoms with Crippen LogP contribution in [0.1, 0.15) is 18.4 Å². The summed E-state index contributed by atoms with van der Waals surface area (Å²) in [4.78, 5) is 30.3. The van der Waals surface area contributed by atoms with Crippen LogP contribution in [0.15, 0.2) is 24.3 Å². The van der Waals surface area contributed by atoms with E-state index < -0.39 is 0 Å². The molecule has 1 aromatic rings. The van der Waals surface area contributed by atoms with Crippen LogP contribution < -0.4 is 0 Å². The fraction of sp³-hybridized carbons (Fsp3) is 0.579. The molecule has 2 amide bonds. The minimum atomic E-state index is -0.279. The molecule has 1 aromatic carbocycles. The van der Waals surface area contributed by atoms with Gasteiger partial charge in [0.05, 0.1) is 6.54 Å². The molecule has 0 bridgehead atoms. The van der Waals surface area contributed by atoms with Gasteiger partial charge in [-0.05, 0) is 30.5 Å². The van der Waals surface area contributed by atoms with Crippen LogP contribution >= 0.6 is 0 Å². The monoisotopic (exact) mass is 363 g/mol. The molecule has 0 saturated carbocycles. The van der Waals surface area contributed by atoms with Crippen molar-refractivity contribution in [2.75, 3.05) is 46.4 Å². The summed E-state index contributed by atoms with van der Waals surface area (Å²) in [5.74, 6) is -0.173. The third-order valence-corrected chi connectivity index (χ3v) is 5.01. The van der Waals surface area contributed by atoms with E-state index in [2.05, 4.69) is 4.90 Å². The first-order chi connectivity index (χ1) is 12.5. The second kappa shape index (κ2) is 8.60. The molecule has 142 valence electrons. The lowest BCUT2D eigenvalue weighted by Gasteiger charge is -2.36. The Balaban J connectivity index is 1.42. The summed E-state index contributed by atoms with van der Waals surface area (Å²) >= 11 is 0. The van der Waals surface area contributed by atoms with Crippen molar-refractivity contribution in [1.82, 2.24) is 14.7 Å². The number of piperazine rings is 1. The molecule has 0 N–H and O–H groups in total. The van der Waals surface area contributed by atoms with Crippen LogP contribution in [0.25, 0.3) is 0 Å². The fourth-order valence-corrected chi connectivity index (χ4v) is 3.37. The van der Waals surface area contributed by atoms with Gasteiger partial charge in [0, 0.05) is 46.4 Å². The summed E-state index contributed by atoms with van der Waals surface area (Å²) in [5, 5.41) is 0. The molecule has 1 atom stereocenters. The number of benzene rings is 1. The molecular weight excluding hydrogens is 337 g/mol. The summed E-state index contributed by atoms with van der Waals surface area (Å²) in [6.07, 6.45) is 1.49. The van der Waals surface area contributed by atoms with Gasteiger partial charge < -0.3 is 14.5 Å². The second-order valence-corrected chi connectivity index (χ2v) is 6.98. The highest BCUT2D eigenvalue weighted by Gasteiger charge is 2.30. The molecular formula is C19H26FN3O3. The van der Waals surface area contributed by atoms with Gasteiger partial charge >= 0.3 is 0 Å². The van der Waals surface area contributed by atoms with E-state index in [9.17, 15) is 14.0 Å². The average molecular weight is 363 g/mol. The summed E-state index contributed by atoms with van der Waals surface area (Å²) in [6.45, 7) is 4.10. The van der Waals surface area contributed by atoms with E-state index in [-0.39, 0.29) is 23.7 Å². The Morgan fingerprint density at radius 3 is 2.50 bits per heavy atom. The van der Waals surface area contributed by atoms with Gasteiger partial charge in [-0.15, -0.1) is 0 Å². The Hall–Kier alpha value is -1.99. The molecule has 6 nitrogen and oxygen atoms in total. The van der Waals surface area contributed by atoms with Crippen molar-refractivity contribution in [1.29, 1.82) is 0 Å². The lowest BCUT2D eigenvalue weighted by Crippen LogP contribution is -2.53. The molecule has 0 spiro atoms. The molecule has 1 unspecified atom stereocenters. The Morgan fingerprint density at radius 1 is 1.19 bits per heavy atom. The van der Waals surface area contributed by atoms with E-state index in [1.54, 1.807) is 24.1 Å².